The Hall–Kier alpha value is -3.22. The first-order chi connectivity index (χ1) is 12.1. The highest BCUT2D eigenvalue weighted by molar-refractivity contribution is 5.93. The van der Waals surface area contributed by atoms with E-state index in [9.17, 15) is 4.79 Å². The maximum Gasteiger partial charge on any atom is 0.269 e. The number of anilines is 1. The summed E-state index contributed by atoms with van der Waals surface area (Å²) in [7, 11) is 3.84. The molecule has 2 heterocycles. The molecule has 0 bridgehead atoms. The van der Waals surface area contributed by atoms with Crippen LogP contribution in [-0.4, -0.2) is 46.7 Å². The minimum Gasteiger partial charge on any atom is -0.378 e. The molecule has 0 aliphatic rings. The van der Waals surface area contributed by atoms with Gasteiger partial charge in [-0.2, -0.15) is 5.10 Å². The first-order valence-electron chi connectivity index (χ1n) is 8.02. The summed E-state index contributed by atoms with van der Waals surface area (Å²) < 4.78 is 0. The lowest BCUT2D eigenvalue weighted by molar-refractivity contribution is 0.0949. The average molecular weight is 336 g/mol. The minimum absolute atomic E-state index is 0.202. The average Bonchev–Trinajstić information content (AvgIpc) is 3.11. The van der Waals surface area contributed by atoms with Gasteiger partial charge >= 0.3 is 0 Å². The molecular formula is C18H20N6O. The van der Waals surface area contributed by atoms with Crippen molar-refractivity contribution in [3.8, 4) is 11.4 Å². The molecule has 0 fully saturated rings. The van der Waals surface area contributed by atoms with Gasteiger partial charge in [-0.25, -0.2) is 4.98 Å². The van der Waals surface area contributed by atoms with Crippen molar-refractivity contribution >= 4 is 11.6 Å². The van der Waals surface area contributed by atoms with Gasteiger partial charge in [-0.15, -0.1) is 0 Å². The van der Waals surface area contributed by atoms with Gasteiger partial charge in [-0.3, -0.25) is 14.9 Å². The molecule has 3 aromatic rings. The third-order valence-electron chi connectivity index (χ3n) is 3.70. The standard InChI is InChI=1S/C18H20N6O/c1-24(2)14-8-10-19-15(12-14)18(25)20-11-9-16-21-17(23-22-16)13-6-4-3-5-7-13/h3-8,10,12H,9,11H2,1-2H3,(H,20,25)(H,21,22,23). The molecule has 3 rings (SSSR count). The summed E-state index contributed by atoms with van der Waals surface area (Å²) in [6, 6.07) is 13.4. The Labute approximate surface area is 146 Å². The smallest absolute Gasteiger partial charge is 0.269 e. The van der Waals surface area contributed by atoms with Crippen LogP contribution in [0, 0.1) is 0 Å². The van der Waals surface area contributed by atoms with Gasteiger partial charge in [-0.05, 0) is 12.1 Å². The number of rotatable bonds is 6. The molecule has 0 unspecified atom stereocenters. The first-order valence-corrected chi connectivity index (χ1v) is 8.02. The number of nitrogens with one attached hydrogen (secondary N) is 2. The van der Waals surface area contributed by atoms with Crippen molar-refractivity contribution in [2.45, 2.75) is 6.42 Å². The zero-order valence-corrected chi connectivity index (χ0v) is 14.2. The van der Waals surface area contributed by atoms with Crippen molar-refractivity contribution in [1.29, 1.82) is 0 Å². The number of benzene rings is 1. The summed E-state index contributed by atoms with van der Waals surface area (Å²) in [4.78, 5) is 22.7. The molecule has 128 valence electrons. The Kier molecular flexibility index (Phi) is 5.03. The van der Waals surface area contributed by atoms with E-state index < -0.39 is 0 Å². The Morgan fingerprint density at radius 2 is 2.00 bits per heavy atom. The van der Waals surface area contributed by atoms with E-state index in [0.717, 1.165) is 17.1 Å². The van der Waals surface area contributed by atoms with E-state index in [-0.39, 0.29) is 5.91 Å². The van der Waals surface area contributed by atoms with Gasteiger partial charge in [-0.1, -0.05) is 30.3 Å². The molecule has 7 heteroatoms. The maximum atomic E-state index is 12.2. The summed E-state index contributed by atoms with van der Waals surface area (Å²) >= 11 is 0. The highest BCUT2D eigenvalue weighted by Gasteiger charge is 2.10. The molecule has 0 radical (unpaired) electrons. The Morgan fingerprint density at radius 3 is 2.76 bits per heavy atom. The van der Waals surface area contributed by atoms with Gasteiger partial charge in [0.2, 0.25) is 0 Å². The van der Waals surface area contributed by atoms with Crippen molar-refractivity contribution in [1.82, 2.24) is 25.5 Å². The van der Waals surface area contributed by atoms with Gasteiger partial charge in [0, 0.05) is 44.5 Å². The second kappa shape index (κ2) is 7.57. The van der Waals surface area contributed by atoms with E-state index in [2.05, 4.69) is 25.5 Å². The van der Waals surface area contributed by atoms with Crippen molar-refractivity contribution in [3.63, 3.8) is 0 Å². The summed E-state index contributed by atoms with van der Waals surface area (Å²) in [6.07, 6.45) is 2.20. The van der Waals surface area contributed by atoms with Gasteiger partial charge < -0.3 is 10.2 Å². The van der Waals surface area contributed by atoms with Crippen molar-refractivity contribution < 1.29 is 4.79 Å². The van der Waals surface area contributed by atoms with E-state index in [0.29, 0.717) is 24.5 Å². The second-order valence-corrected chi connectivity index (χ2v) is 5.77. The summed E-state index contributed by atoms with van der Waals surface area (Å²) in [5.74, 6) is 1.18. The molecule has 1 aromatic carbocycles. The molecular weight excluding hydrogens is 316 g/mol. The lowest BCUT2D eigenvalue weighted by atomic mass is 10.2. The quantitative estimate of drug-likeness (QED) is 0.718. The highest BCUT2D eigenvalue weighted by atomic mass is 16.1. The monoisotopic (exact) mass is 336 g/mol. The predicted octanol–water partition coefficient (Wildman–Crippen LogP) is 1.91. The number of hydrogen-bond donors (Lipinski definition) is 2. The van der Waals surface area contributed by atoms with E-state index in [1.165, 1.54) is 0 Å². The molecule has 7 nitrogen and oxygen atoms in total. The SMILES string of the molecule is CN(C)c1ccnc(C(=O)NCCc2nc(-c3ccccc3)n[nH]2)c1. The summed E-state index contributed by atoms with van der Waals surface area (Å²) in [6.45, 7) is 0.454. The van der Waals surface area contributed by atoms with Crippen LogP contribution in [0.4, 0.5) is 5.69 Å². The minimum atomic E-state index is -0.202. The number of nitrogens with zero attached hydrogens (tertiary/aromatic N) is 4. The Bertz CT molecular complexity index is 844. The molecule has 0 saturated heterocycles. The number of pyridine rings is 1. The largest absolute Gasteiger partial charge is 0.378 e. The third-order valence-corrected chi connectivity index (χ3v) is 3.70. The lowest BCUT2D eigenvalue weighted by Crippen LogP contribution is -2.27. The molecule has 1 amide bonds. The van der Waals surface area contributed by atoms with Crippen molar-refractivity contribution in [2.75, 3.05) is 25.5 Å². The van der Waals surface area contributed by atoms with Crippen LogP contribution in [0.25, 0.3) is 11.4 Å². The fraction of sp³-hybridized carbons (Fsp3) is 0.222. The molecule has 0 aliphatic carbocycles. The van der Waals surface area contributed by atoms with Crippen LogP contribution in [0.2, 0.25) is 0 Å². The Balaban J connectivity index is 1.55. The summed E-state index contributed by atoms with van der Waals surface area (Å²) in [5.41, 5.74) is 2.29. The van der Waals surface area contributed by atoms with Gasteiger partial charge in [0.05, 0.1) is 0 Å². The zero-order valence-electron chi connectivity index (χ0n) is 14.2. The van der Waals surface area contributed by atoms with Crippen LogP contribution in [0.5, 0.6) is 0 Å². The predicted molar refractivity (Wildman–Crippen MR) is 96.4 cm³/mol. The van der Waals surface area contributed by atoms with E-state index >= 15 is 0 Å². The molecule has 25 heavy (non-hydrogen) atoms. The maximum absolute atomic E-state index is 12.2. The molecule has 0 saturated carbocycles. The second-order valence-electron chi connectivity index (χ2n) is 5.77. The zero-order chi connectivity index (χ0) is 17.6. The fourth-order valence-electron chi connectivity index (χ4n) is 2.33. The number of aromatic amines is 1. The Morgan fingerprint density at radius 1 is 1.20 bits per heavy atom. The van der Waals surface area contributed by atoms with Gasteiger partial charge in [0.1, 0.15) is 11.5 Å². The van der Waals surface area contributed by atoms with Crippen LogP contribution < -0.4 is 10.2 Å². The van der Waals surface area contributed by atoms with E-state index in [1.54, 1.807) is 12.3 Å². The molecule has 2 N–H and O–H groups in total. The van der Waals surface area contributed by atoms with Crippen LogP contribution >= 0.6 is 0 Å². The number of hydrogen-bond acceptors (Lipinski definition) is 5. The number of carbonyl (C=O) groups excluding carboxylic acids is 1. The number of H-pyrrole nitrogens is 1. The number of amides is 1. The van der Waals surface area contributed by atoms with E-state index in [1.807, 2.05) is 55.4 Å². The first kappa shape index (κ1) is 16.6. The van der Waals surface area contributed by atoms with Gasteiger partial charge in [0.15, 0.2) is 5.82 Å². The van der Waals surface area contributed by atoms with Gasteiger partial charge in [0.25, 0.3) is 5.91 Å². The van der Waals surface area contributed by atoms with E-state index in [4.69, 9.17) is 0 Å². The topological polar surface area (TPSA) is 86.8 Å². The molecule has 0 aliphatic heterocycles. The fourth-order valence-corrected chi connectivity index (χ4v) is 2.33. The van der Waals surface area contributed by atoms with Crippen LogP contribution in [0.15, 0.2) is 48.7 Å². The van der Waals surface area contributed by atoms with Crippen molar-refractivity contribution in [3.05, 3.63) is 60.2 Å². The third kappa shape index (κ3) is 4.20. The number of carbonyl (C=O) groups is 1. The number of aromatic nitrogens is 4. The van der Waals surface area contributed by atoms with Crippen LogP contribution in [0.3, 0.4) is 0 Å². The molecule has 2 aromatic heterocycles. The molecule has 0 atom stereocenters. The summed E-state index contributed by atoms with van der Waals surface area (Å²) in [5, 5.41) is 9.97. The molecule has 0 spiro atoms. The normalized spacial score (nSPS) is 10.5. The van der Waals surface area contributed by atoms with Crippen molar-refractivity contribution in [2.24, 2.45) is 0 Å². The lowest BCUT2D eigenvalue weighted by Gasteiger charge is -2.12. The van der Waals surface area contributed by atoms with Crippen LogP contribution in [0.1, 0.15) is 16.3 Å². The highest BCUT2D eigenvalue weighted by Crippen LogP contribution is 2.13. The van der Waals surface area contributed by atoms with Crippen LogP contribution in [-0.2, 0) is 6.42 Å².